The van der Waals surface area contributed by atoms with Crippen LogP contribution in [0.5, 0.6) is 5.75 Å². The van der Waals surface area contributed by atoms with E-state index >= 15 is 0 Å². The second-order valence-electron chi connectivity index (χ2n) is 7.62. The minimum Gasteiger partial charge on any atom is -0.493 e. The molecule has 3 amide bonds. The molecule has 0 bridgehead atoms. The Hall–Kier alpha value is -4.74. The van der Waals surface area contributed by atoms with E-state index in [1.54, 1.807) is 36.4 Å². The molecule has 3 aromatic carbocycles. The Morgan fingerprint density at radius 1 is 1.03 bits per heavy atom. The lowest BCUT2D eigenvalue weighted by Gasteiger charge is -2.11. The maximum absolute atomic E-state index is 12.9. The van der Waals surface area contributed by atoms with Gasteiger partial charge in [0.1, 0.15) is 0 Å². The van der Waals surface area contributed by atoms with Crippen molar-refractivity contribution in [3.05, 3.63) is 77.4 Å². The molecule has 0 spiro atoms. The summed E-state index contributed by atoms with van der Waals surface area (Å²) in [5, 5.41) is 11.9. The van der Waals surface area contributed by atoms with Crippen LogP contribution < -0.4 is 26.4 Å². The zero-order valence-electron chi connectivity index (χ0n) is 18.8. The van der Waals surface area contributed by atoms with Gasteiger partial charge in [-0.3, -0.25) is 4.79 Å². The van der Waals surface area contributed by atoms with Gasteiger partial charge in [0.25, 0.3) is 5.91 Å². The summed E-state index contributed by atoms with van der Waals surface area (Å²) in [5.74, 6) is -0.0258. The summed E-state index contributed by atoms with van der Waals surface area (Å²) in [6.07, 6.45) is -4.46. The molecule has 4 rings (SSSR count). The number of nitrogens with two attached hydrogens (primary N) is 1. The Morgan fingerprint density at radius 3 is 2.47 bits per heavy atom. The number of benzene rings is 3. The minimum absolute atomic E-state index is 0.0473. The molecule has 0 aliphatic carbocycles. The van der Waals surface area contributed by atoms with E-state index in [1.807, 2.05) is 0 Å². The van der Waals surface area contributed by atoms with E-state index < -0.39 is 23.7 Å². The number of halogens is 3. The maximum Gasteiger partial charge on any atom is 0.416 e. The van der Waals surface area contributed by atoms with Gasteiger partial charge in [-0.15, -0.1) is 0 Å². The number of ether oxygens (including phenoxy) is 1. The number of nitrogens with zero attached hydrogens (tertiary/aromatic N) is 1. The van der Waals surface area contributed by atoms with Crippen LogP contribution >= 0.6 is 0 Å². The number of rotatable bonds is 6. The van der Waals surface area contributed by atoms with Crippen molar-refractivity contribution in [3.63, 3.8) is 0 Å². The molecule has 0 saturated carbocycles. The molecule has 0 atom stereocenters. The number of fused-ring (bicyclic) bond motifs is 1. The molecule has 5 N–H and O–H groups in total. The average molecular weight is 499 g/mol. The highest BCUT2D eigenvalue weighted by atomic mass is 19.4. The zero-order valence-corrected chi connectivity index (χ0v) is 18.8. The topological polar surface area (TPSA) is 132 Å². The molecule has 0 saturated heterocycles. The number of carbonyl (C=O) groups excluding carboxylic acids is 2. The molecule has 12 heteroatoms. The summed E-state index contributed by atoms with van der Waals surface area (Å²) in [6.45, 7) is 0.0988. The Kier molecular flexibility index (Phi) is 6.68. The summed E-state index contributed by atoms with van der Waals surface area (Å²) in [4.78, 5) is 25.1. The smallest absolute Gasteiger partial charge is 0.416 e. The second-order valence-corrected chi connectivity index (χ2v) is 7.62. The summed E-state index contributed by atoms with van der Waals surface area (Å²) >= 11 is 0. The molecule has 1 heterocycles. The van der Waals surface area contributed by atoms with Gasteiger partial charge in [0.05, 0.1) is 23.6 Å². The van der Waals surface area contributed by atoms with Gasteiger partial charge < -0.3 is 30.9 Å². The molecule has 0 aliphatic rings. The third kappa shape index (κ3) is 5.32. The van der Waals surface area contributed by atoms with Crippen molar-refractivity contribution >= 4 is 40.1 Å². The highest BCUT2D eigenvalue weighted by Gasteiger charge is 2.30. The lowest BCUT2D eigenvalue weighted by Crippen LogP contribution is -2.28. The fourth-order valence-corrected chi connectivity index (χ4v) is 3.46. The Balaban J connectivity index is 1.39. The summed E-state index contributed by atoms with van der Waals surface area (Å²) in [5.41, 5.74) is 6.88. The Morgan fingerprint density at radius 2 is 1.78 bits per heavy atom. The molecular formula is C24H20F3N5O4. The first kappa shape index (κ1) is 24.4. The van der Waals surface area contributed by atoms with E-state index in [4.69, 9.17) is 15.0 Å². The third-order valence-corrected chi connectivity index (χ3v) is 5.19. The van der Waals surface area contributed by atoms with Crippen LogP contribution in [-0.4, -0.2) is 24.2 Å². The number of nitrogen functional groups attached to an aromatic ring is 1. The second kappa shape index (κ2) is 9.86. The first-order valence-electron chi connectivity index (χ1n) is 10.5. The van der Waals surface area contributed by atoms with Gasteiger partial charge in [0, 0.05) is 17.9 Å². The fraction of sp³-hybridized carbons (Fsp3) is 0.125. The van der Waals surface area contributed by atoms with Crippen LogP contribution in [-0.2, 0) is 12.7 Å². The first-order valence-corrected chi connectivity index (χ1v) is 10.5. The summed E-state index contributed by atoms with van der Waals surface area (Å²) in [6, 6.07) is 13.3. The van der Waals surface area contributed by atoms with Gasteiger partial charge in [0.2, 0.25) is 5.58 Å². The highest BCUT2D eigenvalue weighted by Crippen LogP contribution is 2.33. The highest BCUT2D eigenvalue weighted by molar-refractivity contribution is 6.15. The van der Waals surface area contributed by atoms with Crippen molar-refractivity contribution in [2.24, 2.45) is 0 Å². The van der Waals surface area contributed by atoms with Crippen LogP contribution in [0, 0.1) is 0 Å². The van der Waals surface area contributed by atoms with Crippen LogP contribution in [0.4, 0.5) is 35.2 Å². The zero-order chi connectivity index (χ0) is 25.9. The van der Waals surface area contributed by atoms with E-state index in [0.717, 1.165) is 24.3 Å². The molecular weight excluding hydrogens is 479 g/mol. The van der Waals surface area contributed by atoms with E-state index in [0.29, 0.717) is 22.4 Å². The number of nitrogens with one attached hydrogen (secondary N) is 3. The van der Waals surface area contributed by atoms with Crippen molar-refractivity contribution in [3.8, 4) is 5.75 Å². The van der Waals surface area contributed by atoms with Crippen LogP contribution in [0.3, 0.4) is 0 Å². The van der Waals surface area contributed by atoms with Crippen molar-refractivity contribution in [2.75, 3.05) is 23.5 Å². The number of amides is 3. The first-order chi connectivity index (χ1) is 17.2. The maximum atomic E-state index is 12.9. The Labute approximate surface area is 202 Å². The monoisotopic (exact) mass is 499 g/mol. The molecule has 4 aromatic rings. The molecule has 36 heavy (non-hydrogen) atoms. The standard InChI is InChI=1S/C24H20F3N5O4/c1-35-18-10-9-17(19-20(18)36-32-21(19)28)22(33)30-16-4-2-3-13(11-16)12-29-23(34)31-15-7-5-14(6-8-15)24(25,26)27/h2-11H,12H2,1H3,(H2,28,32)(H,30,33)(H2,29,31,34). The molecule has 9 nitrogen and oxygen atoms in total. The predicted molar refractivity (Wildman–Crippen MR) is 127 cm³/mol. The number of hydrogen-bond donors (Lipinski definition) is 4. The number of urea groups is 1. The number of carbonyl (C=O) groups is 2. The van der Waals surface area contributed by atoms with E-state index in [1.165, 1.54) is 7.11 Å². The van der Waals surface area contributed by atoms with E-state index in [2.05, 4.69) is 21.1 Å². The van der Waals surface area contributed by atoms with Crippen molar-refractivity contribution < 1.29 is 32.0 Å². The molecule has 1 aromatic heterocycles. The number of aromatic nitrogens is 1. The van der Waals surface area contributed by atoms with Gasteiger partial charge >= 0.3 is 12.2 Å². The van der Waals surface area contributed by atoms with Crippen LogP contribution in [0.1, 0.15) is 21.5 Å². The van der Waals surface area contributed by atoms with Crippen LogP contribution in [0.25, 0.3) is 11.0 Å². The van der Waals surface area contributed by atoms with E-state index in [9.17, 15) is 22.8 Å². The number of hydrogen-bond acceptors (Lipinski definition) is 6. The normalized spacial score (nSPS) is 11.2. The van der Waals surface area contributed by atoms with Gasteiger partial charge in [-0.05, 0) is 54.1 Å². The van der Waals surface area contributed by atoms with Crippen molar-refractivity contribution in [2.45, 2.75) is 12.7 Å². The van der Waals surface area contributed by atoms with E-state index in [-0.39, 0.29) is 29.2 Å². The summed E-state index contributed by atoms with van der Waals surface area (Å²) < 4.78 is 48.4. The van der Waals surface area contributed by atoms with Gasteiger partial charge in [-0.1, -0.05) is 17.3 Å². The largest absolute Gasteiger partial charge is 0.493 e. The molecule has 0 fully saturated rings. The molecule has 0 radical (unpaired) electrons. The molecule has 0 aliphatic heterocycles. The van der Waals surface area contributed by atoms with Crippen molar-refractivity contribution in [1.82, 2.24) is 10.5 Å². The molecule has 186 valence electrons. The van der Waals surface area contributed by atoms with Gasteiger partial charge in [0.15, 0.2) is 11.6 Å². The molecule has 0 unspecified atom stereocenters. The van der Waals surface area contributed by atoms with Crippen LogP contribution in [0.15, 0.2) is 65.2 Å². The third-order valence-electron chi connectivity index (χ3n) is 5.19. The summed E-state index contributed by atoms with van der Waals surface area (Å²) in [7, 11) is 1.45. The number of alkyl halides is 3. The average Bonchev–Trinajstić information content (AvgIpc) is 3.24. The lowest BCUT2D eigenvalue weighted by atomic mass is 10.1. The fourth-order valence-electron chi connectivity index (χ4n) is 3.46. The minimum atomic E-state index is -4.46. The SMILES string of the molecule is COc1ccc(C(=O)Nc2cccc(CNC(=O)Nc3ccc(C(F)(F)F)cc3)c2)c2c(N)noc12. The predicted octanol–water partition coefficient (Wildman–Crippen LogP) is 5.01. The Bertz CT molecular complexity index is 1420. The number of methoxy groups -OCH3 is 1. The quantitative estimate of drug-likeness (QED) is 0.295. The van der Waals surface area contributed by atoms with Gasteiger partial charge in [-0.2, -0.15) is 13.2 Å². The lowest BCUT2D eigenvalue weighted by molar-refractivity contribution is -0.137. The van der Waals surface area contributed by atoms with Crippen LogP contribution in [0.2, 0.25) is 0 Å². The van der Waals surface area contributed by atoms with Gasteiger partial charge in [-0.25, -0.2) is 4.79 Å². The number of anilines is 3. The van der Waals surface area contributed by atoms with Crippen molar-refractivity contribution in [1.29, 1.82) is 0 Å².